The lowest BCUT2D eigenvalue weighted by Gasteiger charge is -2.38. The molecule has 224 valence electrons. The lowest BCUT2D eigenvalue weighted by Crippen LogP contribution is -2.49. The van der Waals surface area contributed by atoms with Crippen molar-refractivity contribution in [3.8, 4) is 17.2 Å². The Kier molecular flexibility index (Phi) is 10.3. The molecule has 0 saturated heterocycles. The number of carbonyl (C=O) groups is 2. The van der Waals surface area contributed by atoms with Crippen LogP contribution in [0.2, 0.25) is 0 Å². The van der Waals surface area contributed by atoms with Gasteiger partial charge in [0.1, 0.15) is 23.4 Å². The Morgan fingerprint density at radius 2 is 1.62 bits per heavy atom. The molecule has 0 bridgehead atoms. The first-order valence-corrected chi connectivity index (χ1v) is 14.0. The predicted molar refractivity (Wildman–Crippen MR) is 163 cm³/mol. The number of aliphatic hydroxyl groups is 1. The Morgan fingerprint density at radius 1 is 1.02 bits per heavy atom. The van der Waals surface area contributed by atoms with E-state index in [0.29, 0.717) is 48.1 Å². The van der Waals surface area contributed by atoms with Gasteiger partial charge in [-0.2, -0.15) is 0 Å². The minimum absolute atomic E-state index is 0.0116. The molecule has 1 aliphatic heterocycles. The molecule has 0 aromatic heterocycles. The summed E-state index contributed by atoms with van der Waals surface area (Å²) in [5.74, 6) is 1.66. The number of rotatable bonds is 10. The van der Waals surface area contributed by atoms with Crippen molar-refractivity contribution >= 4 is 23.3 Å². The zero-order valence-electron chi connectivity index (χ0n) is 24.8. The number of hydrogen-bond donors (Lipinski definition) is 3. The molecule has 0 unspecified atom stereocenters. The molecular weight excluding hydrogens is 536 g/mol. The summed E-state index contributed by atoms with van der Waals surface area (Å²) >= 11 is 0. The number of carbonyl (C=O) groups excluding carboxylic acids is 2. The molecule has 0 aliphatic carbocycles. The summed E-state index contributed by atoms with van der Waals surface area (Å²) in [6.07, 6.45) is -0.231. The zero-order valence-corrected chi connectivity index (χ0v) is 24.8. The first kappa shape index (κ1) is 30.7. The van der Waals surface area contributed by atoms with Crippen LogP contribution < -0.4 is 24.8 Å². The Bertz CT molecular complexity index is 1350. The second-order valence-corrected chi connectivity index (χ2v) is 10.7. The molecule has 0 radical (unpaired) electrons. The van der Waals surface area contributed by atoms with Crippen LogP contribution in [0.25, 0.3) is 0 Å². The molecule has 42 heavy (non-hydrogen) atoms. The van der Waals surface area contributed by atoms with Crippen LogP contribution in [0.1, 0.15) is 29.8 Å². The molecule has 1 heterocycles. The van der Waals surface area contributed by atoms with Gasteiger partial charge in [-0.1, -0.05) is 19.1 Å². The third kappa shape index (κ3) is 7.71. The number of hydrogen-bond acceptors (Lipinski definition) is 7. The van der Waals surface area contributed by atoms with Gasteiger partial charge in [0, 0.05) is 36.9 Å². The summed E-state index contributed by atoms with van der Waals surface area (Å²) < 4.78 is 16.9. The lowest BCUT2D eigenvalue weighted by molar-refractivity contribution is 0.0341. The quantitative estimate of drug-likeness (QED) is 0.321. The smallest absolute Gasteiger partial charge is 0.323 e. The van der Waals surface area contributed by atoms with E-state index in [1.165, 1.54) is 0 Å². The molecule has 1 aliphatic rings. The molecular formula is C32H40N4O6. The molecule has 3 atom stereocenters. The first-order chi connectivity index (χ1) is 20.2. The molecule has 10 nitrogen and oxygen atoms in total. The van der Waals surface area contributed by atoms with Crippen LogP contribution in [0, 0.1) is 5.92 Å². The SMILES string of the molecule is COc1ccc(CN(C)C[C@@H]2Oc3ccc(NC(=O)Nc4ccc(OC)cc4)cc3C(=O)N([C@H](C)CO)C[C@@H]2C)cc1. The average Bonchev–Trinajstić information content (AvgIpc) is 2.99. The molecule has 3 N–H and O–H groups in total. The summed E-state index contributed by atoms with van der Waals surface area (Å²) in [5.41, 5.74) is 2.51. The van der Waals surface area contributed by atoms with E-state index in [4.69, 9.17) is 14.2 Å². The number of nitrogens with one attached hydrogen (secondary N) is 2. The van der Waals surface area contributed by atoms with Crippen LogP contribution >= 0.6 is 0 Å². The van der Waals surface area contributed by atoms with Gasteiger partial charge in [-0.3, -0.25) is 9.69 Å². The predicted octanol–water partition coefficient (Wildman–Crippen LogP) is 4.70. The van der Waals surface area contributed by atoms with Crippen molar-refractivity contribution in [2.75, 3.05) is 51.6 Å². The van der Waals surface area contributed by atoms with Crippen molar-refractivity contribution in [3.05, 3.63) is 77.9 Å². The highest BCUT2D eigenvalue weighted by molar-refractivity contribution is 6.02. The number of aliphatic hydroxyl groups excluding tert-OH is 1. The zero-order chi connectivity index (χ0) is 30.2. The van der Waals surface area contributed by atoms with Crippen molar-refractivity contribution in [3.63, 3.8) is 0 Å². The van der Waals surface area contributed by atoms with Gasteiger partial charge in [-0.05, 0) is 74.1 Å². The van der Waals surface area contributed by atoms with Crippen molar-refractivity contribution in [1.82, 2.24) is 9.80 Å². The topological polar surface area (TPSA) is 113 Å². The largest absolute Gasteiger partial charge is 0.497 e. The Labute approximate surface area is 247 Å². The van der Waals surface area contributed by atoms with E-state index < -0.39 is 12.1 Å². The Morgan fingerprint density at radius 3 is 2.24 bits per heavy atom. The maximum Gasteiger partial charge on any atom is 0.323 e. The summed E-state index contributed by atoms with van der Waals surface area (Å²) in [5, 5.41) is 15.5. The maximum absolute atomic E-state index is 13.7. The normalized spacial score (nSPS) is 17.4. The number of amides is 3. The third-order valence-electron chi connectivity index (χ3n) is 7.37. The van der Waals surface area contributed by atoms with Crippen LogP contribution in [-0.2, 0) is 6.54 Å². The Balaban J connectivity index is 1.53. The monoisotopic (exact) mass is 576 g/mol. The molecule has 3 aromatic rings. The first-order valence-electron chi connectivity index (χ1n) is 14.0. The number of ether oxygens (including phenoxy) is 3. The van der Waals surface area contributed by atoms with Crippen molar-refractivity contribution < 1.29 is 28.9 Å². The van der Waals surface area contributed by atoms with Gasteiger partial charge >= 0.3 is 6.03 Å². The fraction of sp³-hybridized carbons (Fsp3) is 0.375. The molecule has 3 amide bonds. The van der Waals surface area contributed by atoms with Gasteiger partial charge in [-0.15, -0.1) is 0 Å². The fourth-order valence-corrected chi connectivity index (χ4v) is 4.90. The second kappa shape index (κ2) is 14.1. The molecule has 0 spiro atoms. The molecule has 0 fully saturated rings. The van der Waals surface area contributed by atoms with E-state index in [9.17, 15) is 14.7 Å². The number of nitrogens with zero attached hydrogens (tertiary/aromatic N) is 2. The van der Waals surface area contributed by atoms with Crippen molar-refractivity contribution in [2.45, 2.75) is 32.5 Å². The Hall–Kier alpha value is -4.28. The van der Waals surface area contributed by atoms with Crippen molar-refractivity contribution in [1.29, 1.82) is 0 Å². The summed E-state index contributed by atoms with van der Waals surface area (Å²) in [6, 6.07) is 19.1. The van der Waals surface area contributed by atoms with Crippen molar-refractivity contribution in [2.24, 2.45) is 5.92 Å². The van der Waals surface area contributed by atoms with E-state index in [1.54, 1.807) is 61.6 Å². The van der Waals surface area contributed by atoms with Gasteiger partial charge in [0.25, 0.3) is 5.91 Å². The van der Waals surface area contributed by atoms with E-state index in [-0.39, 0.29) is 24.5 Å². The summed E-state index contributed by atoms with van der Waals surface area (Å²) in [4.78, 5) is 30.3. The molecule has 3 aromatic carbocycles. The molecule has 4 rings (SSSR count). The van der Waals surface area contributed by atoms with Crippen LogP contribution in [0.15, 0.2) is 66.7 Å². The fourth-order valence-electron chi connectivity index (χ4n) is 4.90. The summed E-state index contributed by atoms with van der Waals surface area (Å²) in [6.45, 7) is 5.45. The average molecular weight is 577 g/mol. The van der Waals surface area contributed by atoms with E-state index in [2.05, 4.69) is 22.5 Å². The van der Waals surface area contributed by atoms with Gasteiger partial charge in [0.2, 0.25) is 0 Å². The van der Waals surface area contributed by atoms with E-state index >= 15 is 0 Å². The number of anilines is 2. The minimum atomic E-state index is -0.452. The van der Waals surface area contributed by atoms with Gasteiger partial charge < -0.3 is 34.9 Å². The van der Waals surface area contributed by atoms with Crippen LogP contribution in [0.4, 0.5) is 16.2 Å². The number of methoxy groups -OCH3 is 2. The maximum atomic E-state index is 13.7. The third-order valence-corrected chi connectivity index (χ3v) is 7.37. The lowest BCUT2D eigenvalue weighted by atomic mass is 9.99. The highest BCUT2D eigenvalue weighted by Gasteiger charge is 2.33. The summed E-state index contributed by atoms with van der Waals surface area (Å²) in [7, 11) is 5.26. The minimum Gasteiger partial charge on any atom is -0.497 e. The van der Waals surface area contributed by atoms with Gasteiger partial charge in [-0.25, -0.2) is 4.79 Å². The van der Waals surface area contributed by atoms with E-state index in [0.717, 1.165) is 11.3 Å². The number of fused-ring (bicyclic) bond motifs is 1. The number of urea groups is 1. The van der Waals surface area contributed by atoms with E-state index in [1.807, 2.05) is 38.2 Å². The van der Waals surface area contributed by atoms with Crippen LogP contribution in [0.5, 0.6) is 17.2 Å². The molecule has 0 saturated carbocycles. The van der Waals surface area contributed by atoms with Gasteiger partial charge in [0.05, 0.1) is 32.4 Å². The van der Waals surface area contributed by atoms with Crippen LogP contribution in [-0.4, -0.2) is 80.0 Å². The highest BCUT2D eigenvalue weighted by atomic mass is 16.5. The van der Waals surface area contributed by atoms with Crippen LogP contribution in [0.3, 0.4) is 0 Å². The molecule has 10 heteroatoms. The number of benzene rings is 3. The highest BCUT2D eigenvalue weighted by Crippen LogP contribution is 2.31. The standard InChI is InChI=1S/C32H40N4O6/c1-21-17-36(22(2)20-37)31(38)28-16-25(34-32(39)33-24-8-13-27(41-5)14-9-24)10-15-29(28)42-30(21)19-35(3)18-23-6-11-26(40-4)12-7-23/h6-16,21-22,30,37H,17-20H2,1-5H3,(H2,33,34,39)/t21-,22+,30-/m0/s1. The second-order valence-electron chi connectivity index (χ2n) is 10.7. The van der Waals surface area contributed by atoms with Gasteiger partial charge in [0.15, 0.2) is 0 Å². The number of likely N-dealkylation sites (N-methyl/N-ethyl adjacent to an activating group) is 1.